The van der Waals surface area contributed by atoms with Gasteiger partial charge in [-0.3, -0.25) is 0 Å². The van der Waals surface area contributed by atoms with Gasteiger partial charge in [0.1, 0.15) is 12.4 Å². The van der Waals surface area contributed by atoms with Crippen LogP contribution in [0.2, 0.25) is 5.02 Å². The number of halogens is 1. The molecular formula is C12H15ClO. The van der Waals surface area contributed by atoms with Crippen molar-refractivity contribution >= 4 is 11.6 Å². The molecule has 0 aliphatic heterocycles. The predicted octanol–water partition coefficient (Wildman–Crippen LogP) is 4.03. The largest absolute Gasteiger partial charge is 0.488 e. The maximum absolute atomic E-state index is 6.05. The number of benzene rings is 1. The molecule has 0 bridgehead atoms. The second-order valence-electron chi connectivity index (χ2n) is 3.44. The molecule has 14 heavy (non-hydrogen) atoms. The van der Waals surface area contributed by atoms with Gasteiger partial charge in [0.25, 0.3) is 0 Å². The van der Waals surface area contributed by atoms with Crippen LogP contribution in [0.3, 0.4) is 0 Å². The van der Waals surface area contributed by atoms with Crippen LogP contribution in [-0.4, -0.2) is 6.61 Å². The van der Waals surface area contributed by atoms with Gasteiger partial charge in [0, 0.05) is 0 Å². The van der Waals surface area contributed by atoms with Gasteiger partial charge in [-0.1, -0.05) is 44.2 Å². The second-order valence-corrected chi connectivity index (χ2v) is 3.85. The van der Waals surface area contributed by atoms with Crippen molar-refractivity contribution in [2.24, 2.45) is 0 Å². The molecule has 0 amide bonds. The first-order valence-corrected chi connectivity index (χ1v) is 5.06. The van der Waals surface area contributed by atoms with E-state index in [2.05, 4.69) is 20.4 Å². The van der Waals surface area contributed by atoms with E-state index in [0.29, 0.717) is 17.5 Å². The van der Waals surface area contributed by atoms with Gasteiger partial charge < -0.3 is 4.74 Å². The van der Waals surface area contributed by atoms with E-state index < -0.39 is 0 Å². The van der Waals surface area contributed by atoms with Crippen molar-refractivity contribution in [1.29, 1.82) is 0 Å². The summed E-state index contributed by atoms with van der Waals surface area (Å²) >= 11 is 6.05. The van der Waals surface area contributed by atoms with E-state index >= 15 is 0 Å². The van der Waals surface area contributed by atoms with Crippen molar-refractivity contribution < 1.29 is 4.74 Å². The van der Waals surface area contributed by atoms with E-state index in [4.69, 9.17) is 16.3 Å². The van der Waals surface area contributed by atoms with E-state index in [1.165, 1.54) is 5.56 Å². The monoisotopic (exact) mass is 210 g/mol. The van der Waals surface area contributed by atoms with Crippen LogP contribution in [0.1, 0.15) is 25.3 Å². The summed E-state index contributed by atoms with van der Waals surface area (Å²) in [4.78, 5) is 0. The normalized spacial score (nSPS) is 10.3. The van der Waals surface area contributed by atoms with Gasteiger partial charge in [-0.2, -0.15) is 0 Å². The van der Waals surface area contributed by atoms with Crippen molar-refractivity contribution in [3.8, 4) is 5.75 Å². The van der Waals surface area contributed by atoms with E-state index in [1.54, 1.807) is 6.08 Å². The minimum atomic E-state index is 0.487. The lowest BCUT2D eigenvalue weighted by Gasteiger charge is -2.09. The molecule has 2 heteroatoms. The zero-order valence-electron chi connectivity index (χ0n) is 8.59. The average molecular weight is 211 g/mol. The second kappa shape index (κ2) is 5.06. The molecule has 76 valence electrons. The molecule has 0 heterocycles. The molecule has 0 aromatic heterocycles. The first kappa shape index (κ1) is 11.1. The van der Waals surface area contributed by atoms with Crippen LogP contribution in [0.4, 0.5) is 0 Å². The minimum Gasteiger partial charge on any atom is -0.488 e. The lowest BCUT2D eigenvalue weighted by atomic mass is 10.0. The summed E-state index contributed by atoms with van der Waals surface area (Å²) < 4.78 is 5.37. The molecule has 1 rings (SSSR count). The van der Waals surface area contributed by atoms with Crippen LogP contribution >= 0.6 is 11.6 Å². The molecule has 0 atom stereocenters. The summed E-state index contributed by atoms with van der Waals surface area (Å²) in [5.41, 5.74) is 1.22. The van der Waals surface area contributed by atoms with Crippen LogP contribution in [0.15, 0.2) is 30.9 Å². The zero-order valence-corrected chi connectivity index (χ0v) is 9.34. The SMILES string of the molecule is C=CCOc1ccc(C(C)C)cc1Cl. The van der Waals surface area contributed by atoms with Crippen LogP contribution in [0.25, 0.3) is 0 Å². The molecule has 0 unspecified atom stereocenters. The summed E-state index contributed by atoms with van der Waals surface area (Å²) in [5.74, 6) is 1.21. The third kappa shape index (κ3) is 2.78. The maximum Gasteiger partial charge on any atom is 0.138 e. The van der Waals surface area contributed by atoms with Gasteiger partial charge in [0.15, 0.2) is 0 Å². The number of rotatable bonds is 4. The zero-order chi connectivity index (χ0) is 10.6. The van der Waals surface area contributed by atoms with E-state index in [-0.39, 0.29) is 0 Å². The van der Waals surface area contributed by atoms with Crippen LogP contribution in [-0.2, 0) is 0 Å². The summed E-state index contributed by atoms with van der Waals surface area (Å²) in [6.07, 6.45) is 1.70. The Morgan fingerprint density at radius 2 is 2.21 bits per heavy atom. The molecule has 0 aliphatic carbocycles. The van der Waals surface area contributed by atoms with Crippen molar-refractivity contribution in [2.75, 3.05) is 6.61 Å². The van der Waals surface area contributed by atoms with Gasteiger partial charge in [0.05, 0.1) is 5.02 Å². The Kier molecular flexibility index (Phi) is 4.02. The molecule has 1 aromatic rings. The Morgan fingerprint density at radius 1 is 1.50 bits per heavy atom. The fraction of sp³-hybridized carbons (Fsp3) is 0.333. The molecule has 1 nitrogen and oxygen atoms in total. The maximum atomic E-state index is 6.05. The first-order chi connectivity index (χ1) is 6.65. The van der Waals surface area contributed by atoms with Crippen molar-refractivity contribution in [3.63, 3.8) is 0 Å². The number of ether oxygens (including phenoxy) is 1. The van der Waals surface area contributed by atoms with E-state index in [1.807, 2.05) is 18.2 Å². The third-order valence-electron chi connectivity index (χ3n) is 1.98. The molecule has 0 radical (unpaired) electrons. The fourth-order valence-electron chi connectivity index (χ4n) is 1.14. The van der Waals surface area contributed by atoms with Crippen molar-refractivity contribution in [1.82, 2.24) is 0 Å². The van der Waals surface area contributed by atoms with Crippen molar-refractivity contribution in [2.45, 2.75) is 19.8 Å². The van der Waals surface area contributed by atoms with Crippen LogP contribution in [0.5, 0.6) is 5.75 Å². The molecule has 0 N–H and O–H groups in total. The highest BCUT2D eigenvalue weighted by atomic mass is 35.5. The van der Waals surface area contributed by atoms with Gasteiger partial charge >= 0.3 is 0 Å². The smallest absolute Gasteiger partial charge is 0.138 e. The Bertz CT molecular complexity index is 318. The molecule has 0 saturated carbocycles. The number of hydrogen-bond donors (Lipinski definition) is 0. The topological polar surface area (TPSA) is 9.23 Å². The summed E-state index contributed by atoms with van der Waals surface area (Å²) in [6.45, 7) is 8.34. The Labute approximate surface area is 90.3 Å². The molecular weight excluding hydrogens is 196 g/mol. The standard InChI is InChI=1S/C12H15ClO/c1-4-7-14-12-6-5-10(9(2)3)8-11(12)13/h4-6,8-9H,1,7H2,2-3H3. The van der Waals surface area contributed by atoms with E-state index in [0.717, 1.165) is 5.75 Å². The highest BCUT2D eigenvalue weighted by molar-refractivity contribution is 6.32. The molecule has 0 aliphatic rings. The Morgan fingerprint density at radius 3 is 2.71 bits per heavy atom. The summed E-state index contributed by atoms with van der Waals surface area (Å²) in [5, 5.41) is 0.665. The van der Waals surface area contributed by atoms with Gasteiger partial charge in [-0.05, 0) is 23.6 Å². The Balaban J connectivity index is 2.84. The quantitative estimate of drug-likeness (QED) is 0.682. The van der Waals surface area contributed by atoms with Gasteiger partial charge in [-0.25, -0.2) is 0 Å². The Hall–Kier alpha value is -0.950. The fourth-order valence-corrected chi connectivity index (χ4v) is 1.39. The van der Waals surface area contributed by atoms with Crippen LogP contribution < -0.4 is 4.74 Å². The van der Waals surface area contributed by atoms with Gasteiger partial charge in [-0.15, -0.1) is 0 Å². The molecule has 0 spiro atoms. The molecule has 0 saturated heterocycles. The third-order valence-corrected chi connectivity index (χ3v) is 2.27. The van der Waals surface area contributed by atoms with Crippen molar-refractivity contribution in [3.05, 3.63) is 41.4 Å². The van der Waals surface area contributed by atoms with Gasteiger partial charge in [0.2, 0.25) is 0 Å². The highest BCUT2D eigenvalue weighted by Crippen LogP contribution is 2.28. The minimum absolute atomic E-state index is 0.487. The lowest BCUT2D eigenvalue weighted by molar-refractivity contribution is 0.363. The average Bonchev–Trinajstić information content (AvgIpc) is 2.15. The predicted molar refractivity (Wildman–Crippen MR) is 61.2 cm³/mol. The summed E-state index contributed by atoms with van der Waals surface area (Å²) in [7, 11) is 0. The number of hydrogen-bond acceptors (Lipinski definition) is 1. The first-order valence-electron chi connectivity index (χ1n) is 4.68. The van der Waals surface area contributed by atoms with Crippen LogP contribution in [0, 0.1) is 0 Å². The molecule has 0 fully saturated rings. The summed E-state index contributed by atoms with van der Waals surface area (Å²) in [6, 6.07) is 5.89. The molecule has 1 aromatic carbocycles. The highest BCUT2D eigenvalue weighted by Gasteiger charge is 2.04. The van der Waals surface area contributed by atoms with E-state index in [9.17, 15) is 0 Å². The lowest BCUT2D eigenvalue weighted by Crippen LogP contribution is -1.95.